The monoisotopic (exact) mass is 268 g/mol. The van der Waals surface area contributed by atoms with Gasteiger partial charge >= 0.3 is 0 Å². The molecule has 0 aromatic rings. The third-order valence-corrected chi connectivity index (χ3v) is 3.27. The Morgan fingerprint density at radius 2 is 2.36 bits per heavy atom. The fraction of sp³-hybridized carbons (Fsp3) is 1.00. The van der Waals surface area contributed by atoms with Crippen LogP contribution in [0.2, 0.25) is 0 Å². The minimum absolute atomic E-state index is 0.711. The topological polar surface area (TPSA) is 15.3 Å². The SMILES string of the molecule is CC(C)N1CCNC(CI)C1. The van der Waals surface area contributed by atoms with Gasteiger partial charge in [-0.25, -0.2) is 0 Å². The molecule has 0 bridgehead atoms. The molecule has 0 aromatic heterocycles. The van der Waals surface area contributed by atoms with Gasteiger partial charge in [-0.05, 0) is 13.8 Å². The number of piperazine rings is 1. The van der Waals surface area contributed by atoms with Crippen molar-refractivity contribution in [3.63, 3.8) is 0 Å². The van der Waals surface area contributed by atoms with Crippen LogP contribution in [0.3, 0.4) is 0 Å². The van der Waals surface area contributed by atoms with E-state index in [1.54, 1.807) is 0 Å². The van der Waals surface area contributed by atoms with Gasteiger partial charge in [0, 0.05) is 36.1 Å². The van der Waals surface area contributed by atoms with E-state index in [0.29, 0.717) is 12.1 Å². The quantitative estimate of drug-likeness (QED) is 0.596. The first-order valence-corrected chi connectivity index (χ1v) is 5.80. The molecular formula is C8H17IN2. The van der Waals surface area contributed by atoms with Crippen molar-refractivity contribution in [3.8, 4) is 0 Å². The molecule has 0 spiro atoms. The van der Waals surface area contributed by atoms with Gasteiger partial charge in [-0.15, -0.1) is 0 Å². The molecule has 1 atom stereocenters. The smallest absolute Gasteiger partial charge is 0.0285 e. The molecule has 2 nitrogen and oxygen atoms in total. The van der Waals surface area contributed by atoms with Gasteiger partial charge in [0.05, 0.1) is 0 Å². The second kappa shape index (κ2) is 4.62. The molecule has 1 unspecified atom stereocenters. The Labute approximate surface area is 82.9 Å². The molecule has 1 saturated heterocycles. The van der Waals surface area contributed by atoms with Crippen LogP contribution in [0.15, 0.2) is 0 Å². The Morgan fingerprint density at radius 3 is 2.91 bits per heavy atom. The van der Waals surface area contributed by atoms with E-state index >= 15 is 0 Å². The lowest BCUT2D eigenvalue weighted by atomic mass is 10.2. The molecule has 0 amide bonds. The van der Waals surface area contributed by atoms with Crippen LogP contribution < -0.4 is 5.32 Å². The largest absolute Gasteiger partial charge is 0.311 e. The lowest BCUT2D eigenvalue weighted by molar-refractivity contribution is 0.170. The van der Waals surface area contributed by atoms with Gasteiger partial charge in [0.1, 0.15) is 0 Å². The summed E-state index contributed by atoms with van der Waals surface area (Å²) in [6, 6.07) is 1.43. The molecule has 3 heteroatoms. The van der Waals surface area contributed by atoms with Crippen LogP contribution in [0.5, 0.6) is 0 Å². The Kier molecular flexibility index (Phi) is 4.09. The van der Waals surface area contributed by atoms with Crippen LogP contribution in [0.1, 0.15) is 13.8 Å². The first kappa shape index (κ1) is 9.74. The molecule has 1 aliphatic rings. The lowest BCUT2D eigenvalue weighted by Gasteiger charge is -2.35. The molecule has 1 aliphatic heterocycles. The maximum Gasteiger partial charge on any atom is 0.0285 e. The molecule has 1 fully saturated rings. The van der Waals surface area contributed by atoms with Crippen molar-refractivity contribution in [1.29, 1.82) is 0 Å². The van der Waals surface area contributed by atoms with Crippen LogP contribution >= 0.6 is 22.6 Å². The van der Waals surface area contributed by atoms with Gasteiger partial charge in [-0.1, -0.05) is 22.6 Å². The third kappa shape index (κ3) is 2.87. The normalized spacial score (nSPS) is 27.8. The van der Waals surface area contributed by atoms with Crippen molar-refractivity contribution in [2.24, 2.45) is 0 Å². The van der Waals surface area contributed by atoms with Gasteiger partial charge in [-0.2, -0.15) is 0 Å². The van der Waals surface area contributed by atoms with Gasteiger partial charge in [-0.3, -0.25) is 4.90 Å². The summed E-state index contributed by atoms with van der Waals surface area (Å²) >= 11 is 2.45. The van der Waals surface area contributed by atoms with E-state index in [1.165, 1.54) is 17.5 Å². The van der Waals surface area contributed by atoms with Crippen LogP contribution in [0.4, 0.5) is 0 Å². The molecule has 0 radical (unpaired) electrons. The van der Waals surface area contributed by atoms with Gasteiger partial charge < -0.3 is 5.32 Å². The number of nitrogens with zero attached hydrogens (tertiary/aromatic N) is 1. The van der Waals surface area contributed by atoms with Crippen LogP contribution in [0.25, 0.3) is 0 Å². The summed E-state index contributed by atoms with van der Waals surface area (Å²) in [5.41, 5.74) is 0. The second-order valence-electron chi connectivity index (χ2n) is 3.39. The summed E-state index contributed by atoms with van der Waals surface area (Å²) in [6.45, 7) is 8.14. The molecule has 0 saturated carbocycles. The highest BCUT2D eigenvalue weighted by molar-refractivity contribution is 14.1. The van der Waals surface area contributed by atoms with Crippen molar-refractivity contribution in [1.82, 2.24) is 10.2 Å². The zero-order chi connectivity index (χ0) is 8.27. The predicted octanol–water partition coefficient (Wildman–Crippen LogP) is 1.10. The highest BCUT2D eigenvalue weighted by atomic mass is 127. The average molecular weight is 268 g/mol. The molecular weight excluding hydrogens is 251 g/mol. The number of hydrogen-bond acceptors (Lipinski definition) is 2. The van der Waals surface area contributed by atoms with E-state index < -0.39 is 0 Å². The molecule has 1 rings (SSSR count). The summed E-state index contributed by atoms with van der Waals surface area (Å²) in [6.07, 6.45) is 0. The summed E-state index contributed by atoms with van der Waals surface area (Å²) in [5, 5.41) is 3.50. The summed E-state index contributed by atoms with van der Waals surface area (Å²) in [5.74, 6) is 0. The zero-order valence-corrected chi connectivity index (χ0v) is 9.47. The summed E-state index contributed by atoms with van der Waals surface area (Å²) < 4.78 is 1.22. The summed E-state index contributed by atoms with van der Waals surface area (Å²) in [7, 11) is 0. The number of alkyl halides is 1. The molecule has 11 heavy (non-hydrogen) atoms. The Bertz CT molecular complexity index is 117. The molecule has 0 aliphatic carbocycles. The van der Waals surface area contributed by atoms with E-state index in [4.69, 9.17) is 0 Å². The number of rotatable bonds is 2. The van der Waals surface area contributed by atoms with Gasteiger partial charge in [0.2, 0.25) is 0 Å². The van der Waals surface area contributed by atoms with E-state index in [2.05, 4.69) is 46.7 Å². The van der Waals surface area contributed by atoms with Crippen molar-refractivity contribution in [2.75, 3.05) is 24.1 Å². The lowest BCUT2D eigenvalue weighted by Crippen LogP contribution is -2.53. The highest BCUT2D eigenvalue weighted by Gasteiger charge is 2.19. The fourth-order valence-electron chi connectivity index (χ4n) is 1.42. The predicted molar refractivity (Wildman–Crippen MR) is 57.4 cm³/mol. The Hall–Kier alpha value is 0.650. The minimum atomic E-state index is 0.711. The van der Waals surface area contributed by atoms with Crippen molar-refractivity contribution in [3.05, 3.63) is 0 Å². The molecule has 1 N–H and O–H groups in total. The number of halogens is 1. The van der Waals surface area contributed by atoms with Crippen LogP contribution in [-0.4, -0.2) is 41.0 Å². The van der Waals surface area contributed by atoms with Gasteiger partial charge in [0.25, 0.3) is 0 Å². The van der Waals surface area contributed by atoms with Crippen molar-refractivity contribution >= 4 is 22.6 Å². The minimum Gasteiger partial charge on any atom is -0.311 e. The fourth-order valence-corrected chi connectivity index (χ4v) is 2.01. The highest BCUT2D eigenvalue weighted by Crippen LogP contribution is 2.05. The molecule has 0 aromatic carbocycles. The molecule has 66 valence electrons. The number of nitrogens with one attached hydrogen (secondary N) is 1. The van der Waals surface area contributed by atoms with Gasteiger partial charge in [0.15, 0.2) is 0 Å². The van der Waals surface area contributed by atoms with Crippen LogP contribution in [-0.2, 0) is 0 Å². The summed E-state index contributed by atoms with van der Waals surface area (Å²) in [4.78, 5) is 2.54. The van der Waals surface area contributed by atoms with Crippen molar-refractivity contribution < 1.29 is 0 Å². The number of hydrogen-bond donors (Lipinski definition) is 1. The van der Waals surface area contributed by atoms with E-state index in [0.717, 1.165) is 6.54 Å². The first-order chi connectivity index (χ1) is 5.24. The maximum absolute atomic E-state index is 3.50. The molecule has 1 heterocycles. The van der Waals surface area contributed by atoms with E-state index in [-0.39, 0.29) is 0 Å². The van der Waals surface area contributed by atoms with Crippen LogP contribution in [0, 0.1) is 0 Å². The van der Waals surface area contributed by atoms with E-state index in [1.807, 2.05) is 0 Å². The Morgan fingerprint density at radius 1 is 1.64 bits per heavy atom. The standard InChI is InChI=1S/C8H17IN2/c1-7(2)11-4-3-10-8(5-9)6-11/h7-8,10H,3-6H2,1-2H3. The maximum atomic E-state index is 3.50. The second-order valence-corrected chi connectivity index (χ2v) is 4.27. The zero-order valence-electron chi connectivity index (χ0n) is 7.31. The Balaban J connectivity index is 2.33. The first-order valence-electron chi connectivity index (χ1n) is 4.27. The van der Waals surface area contributed by atoms with E-state index in [9.17, 15) is 0 Å². The average Bonchev–Trinajstić information content (AvgIpc) is 2.05. The van der Waals surface area contributed by atoms with Crippen molar-refractivity contribution in [2.45, 2.75) is 25.9 Å². The third-order valence-electron chi connectivity index (χ3n) is 2.20.